The lowest BCUT2D eigenvalue weighted by molar-refractivity contribution is 0.937. The maximum atomic E-state index is 7.02. The number of anilines is 1. The lowest BCUT2D eigenvalue weighted by atomic mass is 10.1. The molecule has 1 aliphatic heterocycles. The third-order valence-corrected chi connectivity index (χ3v) is 6.79. The van der Waals surface area contributed by atoms with Crippen LogP contribution in [0.4, 0.5) is 5.82 Å². The van der Waals surface area contributed by atoms with Crippen molar-refractivity contribution in [3.05, 3.63) is 68.5 Å². The van der Waals surface area contributed by atoms with Crippen LogP contribution in [0.5, 0.6) is 0 Å². The molecule has 5 rings (SSSR count). The minimum Gasteiger partial charge on any atom is -0.356 e. The molecule has 0 unspecified atom stereocenters. The van der Waals surface area contributed by atoms with E-state index in [0.717, 1.165) is 64.1 Å². The number of hydrogen-bond acceptors (Lipinski definition) is 3. The summed E-state index contributed by atoms with van der Waals surface area (Å²) >= 11 is 23.2. The van der Waals surface area contributed by atoms with E-state index in [0.29, 0.717) is 15.2 Å². The summed E-state index contributed by atoms with van der Waals surface area (Å²) in [4.78, 5) is 11.6. The van der Waals surface area contributed by atoms with Crippen LogP contribution in [-0.4, -0.2) is 27.6 Å². The van der Waals surface area contributed by atoms with Gasteiger partial charge < -0.3 is 4.90 Å². The van der Waals surface area contributed by atoms with Crippen molar-refractivity contribution >= 4 is 67.6 Å². The van der Waals surface area contributed by atoms with E-state index < -0.39 is 0 Å². The Labute approximate surface area is 197 Å². The number of benzene rings is 2. The Morgan fingerprint density at radius 2 is 1.63 bits per heavy atom. The van der Waals surface area contributed by atoms with Crippen LogP contribution in [-0.2, 0) is 0 Å². The van der Waals surface area contributed by atoms with Crippen LogP contribution in [0.15, 0.2) is 53.3 Å². The van der Waals surface area contributed by atoms with Crippen LogP contribution in [0.3, 0.4) is 0 Å². The first-order valence-electron chi connectivity index (χ1n) is 9.56. The predicted octanol–water partition coefficient (Wildman–Crippen LogP) is 7.41. The highest BCUT2D eigenvalue weighted by Gasteiger charge is 2.27. The Morgan fingerprint density at radius 3 is 2.33 bits per heavy atom. The zero-order chi connectivity index (χ0) is 20.8. The van der Waals surface area contributed by atoms with E-state index in [1.54, 1.807) is 18.5 Å². The largest absolute Gasteiger partial charge is 0.356 e. The van der Waals surface area contributed by atoms with E-state index in [-0.39, 0.29) is 0 Å². The molecule has 1 saturated heterocycles. The van der Waals surface area contributed by atoms with Crippen LogP contribution in [0, 0.1) is 0 Å². The molecule has 4 aromatic rings. The molecule has 8 heteroatoms. The molecule has 0 N–H and O–H groups in total. The molecular formula is C22H16BrCl3N4. The third kappa shape index (κ3) is 3.38. The van der Waals surface area contributed by atoms with Gasteiger partial charge in [0, 0.05) is 28.1 Å². The van der Waals surface area contributed by atoms with E-state index >= 15 is 0 Å². The number of nitrogens with zero attached hydrogens (tertiary/aromatic N) is 4. The fraction of sp³-hybridized carbons (Fsp3) is 0.182. The van der Waals surface area contributed by atoms with Crippen LogP contribution in [0.25, 0.3) is 27.8 Å². The van der Waals surface area contributed by atoms with Gasteiger partial charge in [-0.1, -0.05) is 62.9 Å². The van der Waals surface area contributed by atoms with Crippen LogP contribution < -0.4 is 4.90 Å². The second-order valence-electron chi connectivity index (χ2n) is 7.19. The first-order chi connectivity index (χ1) is 14.5. The highest BCUT2D eigenvalue weighted by molar-refractivity contribution is 9.10. The topological polar surface area (TPSA) is 34.0 Å². The van der Waals surface area contributed by atoms with Gasteiger partial charge in [-0.05, 0) is 48.7 Å². The zero-order valence-electron chi connectivity index (χ0n) is 15.7. The Balaban J connectivity index is 1.87. The zero-order valence-corrected chi connectivity index (χ0v) is 19.6. The van der Waals surface area contributed by atoms with Crippen LogP contribution >= 0.6 is 50.7 Å². The van der Waals surface area contributed by atoms with Crippen molar-refractivity contribution in [1.29, 1.82) is 0 Å². The molecule has 0 radical (unpaired) electrons. The van der Waals surface area contributed by atoms with Crippen molar-refractivity contribution < 1.29 is 0 Å². The molecule has 1 aliphatic rings. The summed E-state index contributed by atoms with van der Waals surface area (Å²) < 4.78 is 2.89. The highest BCUT2D eigenvalue weighted by Crippen LogP contribution is 2.44. The molecule has 0 saturated carbocycles. The summed E-state index contributed by atoms with van der Waals surface area (Å²) in [5.74, 6) is 0.904. The Morgan fingerprint density at radius 1 is 0.900 bits per heavy atom. The smallest absolute Gasteiger partial charge is 0.151 e. The van der Waals surface area contributed by atoms with E-state index in [9.17, 15) is 0 Å². The van der Waals surface area contributed by atoms with E-state index in [1.165, 1.54) is 0 Å². The second-order valence-corrected chi connectivity index (χ2v) is 9.31. The maximum absolute atomic E-state index is 7.02. The fourth-order valence-electron chi connectivity index (χ4n) is 4.00. The highest BCUT2D eigenvalue weighted by atomic mass is 79.9. The average molecular weight is 523 g/mol. The predicted molar refractivity (Wildman–Crippen MR) is 128 cm³/mol. The lowest BCUT2D eigenvalue weighted by Gasteiger charge is -2.17. The van der Waals surface area contributed by atoms with Crippen molar-refractivity contribution in [3.8, 4) is 16.8 Å². The monoisotopic (exact) mass is 520 g/mol. The number of aromatic nitrogens is 3. The van der Waals surface area contributed by atoms with Gasteiger partial charge >= 0.3 is 0 Å². The van der Waals surface area contributed by atoms with Crippen molar-refractivity contribution in [2.45, 2.75) is 12.8 Å². The normalized spacial score (nSPS) is 14.1. The Bertz CT molecular complexity index is 1250. The van der Waals surface area contributed by atoms with Gasteiger partial charge in [0.25, 0.3) is 0 Å². The van der Waals surface area contributed by atoms with Crippen molar-refractivity contribution in [2.24, 2.45) is 0 Å². The molecule has 0 amide bonds. The lowest BCUT2D eigenvalue weighted by Crippen LogP contribution is -2.19. The van der Waals surface area contributed by atoms with Gasteiger partial charge in [0.15, 0.2) is 5.65 Å². The van der Waals surface area contributed by atoms with Gasteiger partial charge in [0.2, 0.25) is 0 Å². The number of halogens is 4. The fourth-order valence-corrected chi connectivity index (χ4v) is 5.13. The van der Waals surface area contributed by atoms with Crippen LogP contribution in [0.1, 0.15) is 12.8 Å². The molecule has 152 valence electrons. The molecule has 2 aromatic carbocycles. The molecule has 1 fully saturated rings. The minimum absolute atomic E-state index is 0.505. The van der Waals surface area contributed by atoms with E-state index in [2.05, 4.69) is 30.8 Å². The SMILES string of the molecule is Clc1ccc(-n2c(Cl)c(-c3ccc(Br)cc3)c3c(N4CCCC4)ncnc32)c(Cl)c1. The molecule has 0 bridgehead atoms. The summed E-state index contributed by atoms with van der Waals surface area (Å²) in [7, 11) is 0. The summed E-state index contributed by atoms with van der Waals surface area (Å²) in [5.41, 5.74) is 3.34. The molecule has 0 atom stereocenters. The maximum Gasteiger partial charge on any atom is 0.151 e. The van der Waals surface area contributed by atoms with Gasteiger partial charge in [-0.3, -0.25) is 4.57 Å². The van der Waals surface area contributed by atoms with Crippen molar-refractivity contribution in [2.75, 3.05) is 18.0 Å². The van der Waals surface area contributed by atoms with Crippen LogP contribution in [0.2, 0.25) is 15.2 Å². The van der Waals surface area contributed by atoms with Gasteiger partial charge in [0.05, 0.1) is 16.1 Å². The van der Waals surface area contributed by atoms with Gasteiger partial charge in [0.1, 0.15) is 17.3 Å². The molecule has 0 spiro atoms. The van der Waals surface area contributed by atoms with Gasteiger partial charge in [-0.15, -0.1) is 0 Å². The minimum atomic E-state index is 0.505. The Hall–Kier alpha value is -1.79. The first-order valence-corrected chi connectivity index (χ1v) is 11.5. The van der Waals surface area contributed by atoms with Crippen molar-refractivity contribution in [1.82, 2.24) is 14.5 Å². The van der Waals surface area contributed by atoms with Gasteiger partial charge in [-0.2, -0.15) is 0 Å². The average Bonchev–Trinajstić information content (AvgIpc) is 3.35. The summed E-state index contributed by atoms with van der Waals surface area (Å²) in [6.07, 6.45) is 3.89. The molecule has 30 heavy (non-hydrogen) atoms. The summed E-state index contributed by atoms with van der Waals surface area (Å²) in [6, 6.07) is 13.5. The standard InChI is InChI=1S/C22H16BrCl3N4/c23-14-5-3-13(4-6-14)18-19-21(29-9-1-2-10-29)27-12-28-22(19)30(20(18)26)17-8-7-15(24)11-16(17)25/h3-8,11-12H,1-2,9-10H2. The molecule has 0 aliphatic carbocycles. The molecule has 4 nitrogen and oxygen atoms in total. The summed E-state index contributed by atoms with van der Waals surface area (Å²) in [5, 5.41) is 2.54. The van der Waals surface area contributed by atoms with E-state index in [1.807, 2.05) is 34.9 Å². The number of rotatable bonds is 3. The molecular weight excluding hydrogens is 507 g/mol. The quantitative estimate of drug-likeness (QED) is 0.281. The number of fused-ring (bicyclic) bond motifs is 1. The van der Waals surface area contributed by atoms with Gasteiger partial charge in [-0.25, -0.2) is 9.97 Å². The van der Waals surface area contributed by atoms with Crippen molar-refractivity contribution in [3.63, 3.8) is 0 Å². The Kier molecular flexibility index (Phi) is 5.40. The molecule has 3 heterocycles. The molecule has 2 aromatic heterocycles. The second kappa shape index (κ2) is 8.04. The number of hydrogen-bond donors (Lipinski definition) is 0. The first kappa shape index (κ1) is 20.1. The summed E-state index contributed by atoms with van der Waals surface area (Å²) in [6.45, 7) is 1.94. The van der Waals surface area contributed by atoms with E-state index in [4.69, 9.17) is 34.8 Å². The third-order valence-electron chi connectivity index (χ3n) is 5.36.